The molecule has 0 spiro atoms. The standard InChI is InChI=1S/C9H13ClO/c1-5-8(10)9(7(3)4)11-6-2/h6H,2-3,5H2,1,4H3/b9-8-. The summed E-state index contributed by atoms with van der Waals surface area (Å²) >= 11 is 5.85. The summed E-state index contributed by atoms with van der Waals surface area (Å²) in [7, 11) is 0. The van der Waals surface area contributed by atoms with Crippen LogP contribution in [0.3, 0.4) is 0 Å². The Morgan fingerprint density at radius 1 is 1.64 bits per heavy atom. The van der Waals surface area contributed by atoms with Gasteiger partial charge in [0.15, 0.2) is 0 Å². The third kappa shape index (κ3) is 3.28. The first kappa shape index (κ1) is 10.3. The Hall–Kier alpha value is -0.690. The van der Waals surface area contributed by atoms with E-state index >= 15 is 0 Å². The normalized spacial score (nSPS) is 11.9. The van der Waals surface area contributed by atoms with Gasteiger partial charge in [-0.2, -0.15) is 0 Å². The summed E-state index contributed by atoms with van der Waals surface area (Å²) in [4.78, 5) is 0. The van der Waals surface area contributed by atoms with Gasteiger partial charge in [0.2, 0.25) is 0 Å². The monoisotopic (exact) mass is 172 g/mol. The largest absolute Gasteiger partial charge is 0.464 e. The van der Waals surface area contributed by atoms with Crippen LogP contribution in [0.15, 0.2) is 35.8 Å². The highest BCUT2D eigenvalue weighted by atomic mass is 35.5. The zero-order valence-electron chi connectivity index (χ0n) is 6.98. The number of hydrogen-bond donors (Lipinski definition) is 0. The van der Waals surface area contributed by atoms with Crippen LogP contribution in [0.4, 0.5) is 0 Å². The maximum absolute atomic E-state index is 5.85. The van der Waals surface area contributed by atoms with Crippen molar-refractivity contribution in [3.05, 3.63) is 35.8 Å². The van der Waals surface area contributed by atoms with Crippen LogP contribution in [-0.2, 0) is 4.74 Å². The van der Waals surface area contributed by atoms with Gasteiger partial charge in [0.1, 0.15) is 5.76 Å². The van der Waals surface area contributed by atoms with E-state index in [1.54, 1.807) is 0 Å². The quantitative estimate of drug-likeness (QED) is 0.465. The lowest BCUT2D eigenvalue weighted by Crippen LogP contribution is -1.89. The molecule has 0 N–H and O–H groups in total. The molecule has 0 radical (unpaired) electrons. The van der Waals surface area contributed by atoms with Crippen LogP contribution in [0.2, 0.25) is 0 Å². The minimum atomic E-state index is 0.629. The van der Waals surface area contributed by atoms with Crippen molar-refractivity contribution >= 4 is 11.6 Å². The first-order chi connectivity index (χ1) is 5.13. The Bertz CT molecular complexity index is 192. The Kier molecular flexibility index (Phi) is 4.71. The molecule has 0 unspecified atom stereocenters. The van der Waals surface area contributed by atoms with E-state index in [9.17, 15) is 0 Å². The molecule has 0 atom stereocenters. The molecule has 1 nitrogen and oxygen atoms in total. The molecule has 0 heterocycles. The Balaban J connectivity index is 4.56. The molecule has 0 aliphatic carbocycles. The predicted molar refractivity (Wildman–Crippen MR) is 49.3 cm³/mol. The molecule has 0 aromatic rings. The van der Waals surface area contributed by atoms with E-state index in [0.717, 1.165) is 12.0 Å². The summed E-state index contributed by atoms with van der Waals surface area (Å²) in [6, 6.07) is 0. The van der Waals surface area contributed by atoms with Gasteiger partial charge in [0.05, 0.1) is 11.3 Å². The van der Waals surface area contributed by atoms with Crippen molar-refractivity contribution in [1.29, 1.82) is 0 Å². The van der Waals surface area contributed by atoms with Crippen LogP contribution in [-0.4, -0.2) is 0 Å². The number of hydrogen-bond acceptors (Lipinski definition) is 1. The van der Waals surface area contributed by atoms with Gasteiger partial charge in [0, 0.05) is 0 Å². The minimum Gasteiger partial charge on any atom is -0.464 e. The van der Waals surface area contributed by atoms with Gasteiger partial charge in [-0.25, -0.2) is 0 Å². The highest BCUT2D eigenvalue weighted by Gasteiger charge is 2.03. The highest BCUT2D eigenvalue weighted by molar-refractivity contribution is 6.30. The second kappa shape index (κ2) is 5.03. The minimum absolute atomic E-state index is 0.629. The molecule has 0 aromatic heterocycles. The fourth-order valence-electron chi connectivity index (χ4n) is 0.640. The third-order valence-electron chi connectivity index (χ3n) is 1.15. The lowest BCUT2D eigenvalue weighted by Gasteiger charge is -2.06. The zero-order valence-corrected chi connectivity index (χ0v) is 7.74. The molecular formula is C9H13ClO. The average Bonchev–Trinajstić information content (AvgIpc) is 1.98. The van der Waals surface area contributed by atoms with Crippen LogP contribution in [0.5, 0.6) is 0 Å². The topological polar surface area (TPSA) is 9.23 Å². The fourth-order valence-corrected chi connectivity index (χ4v) is 0.846. The van der Waals surface area contributed by atoms with Crippen molar-refractivity contribution in [2.45, 2.75) is 20.3 Å². The summed E-state index contributed by atoms with van der Waals surface area (Å²) in [6.45, 7) is 11.0. The predicted octanol–water partition coefficient (Wildman–Crippen LogP) is 3.58. The fraction of sp³-hybridized carbons (Fsp3) is 0.333. The molecule has 0 aliphatic heterocycles. The van der Waals surface area contributed by atoms with Crippen molar-refractivity contribution in [2.75, 3.05) is 0 Å². The molecule has 0 saturated carbocycles. The molecule has 0 saturated heterocycles. The second-order valence-corrected chi connectivity index (χ2v) is 2.61. The molecule has 0 aliphatic rings. The van der Waals surface area contributed by atoms with E-state index < -0.39 is 0 Å². The van der Waals surface area contributed by atoms with Gasteiger partial charge in [-0.1, -0.05) is 31.7 Å². The van der Waals surface area contributed by atoms with E-state index in [1.165, 1.54) is 6.26 Å². The lowest BCUT2D eigenvalue weighted by atomic mass is 10.2. The average molecular weight is 173 g/mol. The summed E-state index contributed by atoms with van der Waals surface area (Å²) in [5.41, 5.74) is 0.816. The van der Waals surface area contributed by atoms with E-state index in [2.05, 4.69) is 13.2 Å². The van der Waals surface area contributed by atoms with Crippen molar-refractivity contribution in [3.63, 3.8) is 0 Å². The van der Waals surface area contributed by atoms with Gasteiger partial charge >= 0.3 is 0 Å². The van der Waals surface area contributed by atoms with Gasteiger partial charge < -0.3 is 4.74 Å². The first-order valence-corrected chi connectivity index (χ1v) is 3.83. The van der Waals surface area contributed by atoms with Gasteiger partial charge in [0.25, 0.3) is 0 Å². The Morgan fingerprint density at radius 2 is 2.18 bits per heavy atom. The summed E-state index contributed by atoms with van der Waals surface area (Å²) in [5, 5.41) is 0.678. The van der Waals surface area contributed by atoms with Crippen molar-refractivity contribution in [1.82, 2.24) is 0 Å². The molecule has 0 fully saturated rings. The smallest absolute Gasteiger partial charge is 0.143 e. The number of rotatable bonds is 4. The molecule has 0 amide bonds. The SMILES string of the molecule is C=CO/C(C(=C)C)=C(\Cl)CC. The van der Waals surface area contributed by atoms with Crippen molar-refractivity contribution < 1.29 is 4.74 Å². The first-order valence-electron chi connectivity index (χ1n) is 3.45. The number of halogens is 1. The highest BCUT2D eigenvalue weighted by Crippen LogP contribution is 2.20. The van der Waals surface area contributed by atoms with Crippen molar-refractivity contribution in [3.8, 4) is 0 Å². The zero-order chi connectivity index (χ0) is 8.85. The van der Waals surface area contributed by atoms with Crippen LogP contribution in [0.1, 0.15) is 20.3 Å². The van der Waals surface area contributed by atoms with E-state index in [-0.39, 0.29) is 0 Å². The van der Waals surface area contributed by atoms with Crippen LogP contribution in [0.25, 0.3) is 0 Å². The molecule has 0 bridgehead atoms. The lowest BCUT2D eigenvalue weighted by molar-refractivity contribution is 0.359. The van der Waals surface area contributed by atoms with Gasteiger partial charge in [-0.15, -0.1) is 0 Å². The molecule has 62 valence electrons. The van der Waals surface area contributed by atoms with Crippen LogP contribution < -0.4 is 0 Å². The van der Waals surface area contributed by atoms with Gasteiger partial charge in [-0.05, 0) is 18.9 Å². The summed E-state index contributed by atoms with van der Waals surface area (Å²) in [5.74, 6) is 0.629. The van der Waals surface area contributed by atoms with Gasteiger partial charge in [-0.3, -0.25) is 0 Å². The van der Waals surface area contributed by atoms with E-state index in [4.69, 9.17) is 16.3 Å². The number of allylic oxidation sites excluding steroid dienone is 2. The Labute approximate surface area is 73.0 Å². The van der Waals surface area contributed by atoms with E-state index in [1.807, 2.05) is 13.8 Å². The van der Waals surface area contributed by atoms with E-state index in [0.29, 0.717) is 10.8 Å². The van der Waals surface area contributed by atoms with Crippen molar-refractivity contribution in [2.24, 2.45) is 0 Å². The molecular weight excluding hydrogens is 160 g/mol. The molecule has 11 heavy (non-hydrogen) atoms. The molecule has 2 heteroatoms. The Morgan fingerprint density at radius 3 is 2.45 bits per heavy atom. The summed E-state index contributed by atoms with van der Waals surface area (Å²) < 4.78 is 5.07. The molecule has 0 aromatic carbocycles. The van der Waals surface area contributed by atoms with Crippen LogP contribution in [0, 0.1) is 0 Å². The second-order valence-electron chi connectivity index (χ2n) is 2.15. The third-order valence-corrected chi connectivity index (χ3v) is 1.58. The maximum atomic E-state index is 5.85. The molecule has 0 rings (SSSR count). The maximum Gasteiger partial charge on any atom is 0.143 e. The van der Waals surface area contributed by atoms with Crippen LogP contribution >= 0.6 is 11.6 Å². The number of ether oxygens (including phenoxy) is 1. The summed E-state index contributed by atoms with van der Waals surface area (Å²) in [6.07, 6.45) is 2.10.